The first-order valence-corrected chi connectivity index (χ1v) is 14.8. The van der Waals surface area contributed by atoms with Crippen LogP contribution < -0.4 is 10.9 Å². The van der Waals surface area contributed by atoms with Crippen molar-refractivity contribution >= 4 is 21.7 Å². The first-order chi connectivity index (χ1) is 18.6. The molecule has 40 heavy (non-hydrogen) atoms. The normalized spacial score (nSPS) is 14.4. The number of nitrogens with one attached hydrogen (secondary N) is 1. The number of hydrogen-bond acceptors (Lipinski definition) is 6. The number of benzene rings is 2. The zero-order chi connectivity index (χ0) is 29.5. The van der Waals surface area contributed by atoms with Crippen molar-refractivity contribution in [3.8, 4) is 11.1 Å². The van der Waals surface area contributed by atoms with E-state index in [1.807, 2.05) is 0 Å². The monoisotopic (exact) mass is 568 g/mol. The van der Waals surface area contributed by atoms with Gasteiger partial charge in [0.2, 0.25) is 0 Å². The maximum atomic E-state index is 13.7. The number of aryl methyl sites for hydroxylation is 1. The summed E-state index contributed by atoms with van der Waals surface area (Å²) in [6.07, 6.45) is 2.03. The summed E-state index contributed by atoms with van der Waals surface area (Å²) in [5.41, 5.74) is 0.428. The molecule has 1 heterocycles. The second-order valence-corrected chi connectivity index (χ2v) is 13.5. The Morgan fingerprint density at radius 3 is 2.27 bits per heavy atom. The molecule has 1 N–H and O–H groups in total. The summed E-state index contributed by atoms with van der Waals surface area (Å²) in [6, 6.07) is 11.3. The zero-order valence-electron chi connectivity index (χ0n) is 23.2. The quantitative estimate of drug-likeness (QED) is 0.388. The van der Waals surface area contributed by atoms with Crippen LogP contribution in [0.2, 0.25) is 0 Å². The van der Waals surface area contributed by atoms with Crippen LogP contribution in [0.15, 0.2) is 59.5 Å². The van der Waals surface area contributed by atoms with Crippen molar-refractivity contribution < 1.29 is 27.1 Å². The van der Waals surface area contributed by atoms with Gasteiger partial charge in [-0.2, -0.15) is 0 Å². The molecule has 0 atom stereocenters. The lowest BCUT2D eigenvalue weighted by Gasteiger charge is -2.26. The number of aromatic nitrogens is 1. The largest absolute Gasteiger partial charge is 0.444 e. The highest BCUT2D eigenvalue weighted by Crippen LogP contribution is 2.49. The standard InChI is InChI=1S/C30H33FN2O6S/c1-6-40(37,38)18-19-7-12-22(27(35)20-8-10-21(31)11-9-20)23(15-19)24-17-33(5)26(34)16-25(24)30(13-14-30)32-28(36)39-29(2,3)4/h7-12,15-17H,6,13-14,18H2,1-5H3,(H,32,36). The summed E-state index contributed by atoms with van der Waals surface area (Å²) < 4.78 is 45.3. The van der Waals surface area contributed by atoms with E-state index in [-0.39, 0.29) is 28.2 Å². The molecule has 0 radical (unpaired) electrons. The molecule has 0 bridgehead atoms. The molecule has 3 aromatic rings. The number of hydrogen-bond donors (Lipinski definition) is 1. The summed E-state index contributed by atoms with van der Waals surface area (Å²) in [5, 5.41) is 2.91. The highest BCUT2D eigenvalue weighted by Gasteiger charge is 2.48. The molecule has 1 aliphatic rings. The summed E-state index contributed by atoms with van der Waals surface area (Å²) >= 11 is 0. The molecule has 212 valence electrons. The second-order valence-electron chi connectivity index (χ2n) is 11.2. The van der Waals surface area contributed by atoms with Gasteiger partial charge in [0.1, 0.15) is 11.4 Å². The minimum Gasteiger partial charge on any atom is -0.444 e. The van der Waals surface area contributed by atoms with Crippen molar-refractivity contribution in [1.82, 2.24) is 9.88 Å². The number of pyridine rings is 1. The van der Waals surface area contributed by atoms with Crippen LogP contribution in [0.1, 0.15) is 67.6 Å². The fourth-order valence-corrected chi connectivity index (χ4v) is 5.43. The number of carbonyl (C=O) groups excluding carboxylic acids is 2. The van der Waals surface area contributed by atoms with Crippen LogP contribution in [0.5, 0.6) is 0 Å². The lowest BCUT2D eigenvalue weighted by atomic mass is 9.88. The number of ether oxygens (including phenoxy) is 1. The van der Waals surface area contributed by atoms with Crippen LogP contribution >= 0.6 is 0 Å². The van der Waals surface area contributed by atoms with E-state index >= 15 is 0 Å². The third-order valence-electron chi connectivity index (χ3n) is 6.79. The van der Waals surface area contributed by atoms with Crippen molar-refractivity contribution in [2.45, 2.75) is 57.4 Å². The topological polar surface area (TPSA) is 112 Å². The summed E-state index contributed by atoms with van der Waals surface area (Å²) in [4.78, 5) is 39.2. The Labute approximate surface area is 233 Å². The Morgan fingerprint density at radius 1 is 1.05 bits per heavy atom. The minimum atomic E-state index is -3.39. The van der Waals surface area contributed by atoms with Crippen LogP contribution in [0.25, 0.3) is 11.1 Å². The molecule has 10 heteroatoms. The molecular weight excluding hydrogens is 535 g/mol. The number of sulfone groups is 1. The molecule has 1 fully saturated rings. The van der Waals surface area contributed by atoms with Gasteiger partial charge in [-0.15, -0.1) is 0 Å². The van der Waals surface area contributed by atoms with Crippen LogP contribution in [0, 0.1) is 5.82 Å². The average Bonchev–Trinajstić information content (AvgIpc) is 3.64. The van der Waals surface area contributed by atoms with E-state index in [1.54, 1.807) is 59.1 Å². The first-order valence-electron chi connectivity index (χ1n) is 13.0. The predicted octanol–water partition coefficient (Wildman–Crippen LogP) is 4.87. The third-order valence-corrected chi connectivity index (χ3v) is 8.44. The van der Waals surface area contributed by atoms with Gasteiger partial charge < -0.3 is 14.6 Å². The van der Waals surface area contributed by atoms with Crippen LogP contribution in [-0.2, 0) is 32.9 Å². The number of nitrogens with zero attached hydrogens (tertiary/aromatic N) is 1. The van der Waals surface area contributed by atoms with Crippen molar-refractivity contribution in [2.75, 3.05) is 5.75 Å². The van der Waals surface area contributed by atoms with Gasteiger partial charge in [-0.05, 0) is 80.6 Å². The van der Waals surface area contributed by atoms with Gasteiger partial charge in [0, 0.05) is 41.8 Å². The Bertz CT molecular complexity index is 1630. The van der Waals surface area contributed by atoms with Crippen molar-refractivity contribution in [2.24, 2.45) is 7.05 Å². The van der Waals surface area contributed by atoms with E-state index < -0.39 is 38.7 Å². The highest BCUT2D eigenvalue weighted by molar-refractivity contribution is 7.90. The predicted molar refractivity (Wildman–Crippen MR) is 150 cm³/mol. The maximum absolute atomic E-state index is 13.7. The van der Waals surface area contributed by atoms with E-state index in [1.165, 1.54) is 34.9 Å². The van der Waals surface area contributed by atoms with Crippen LogP contribution in [-0.4, -0.2) is 36.2 Å². The number of halogens is 1. The Hall–Kier alpha value is -3.79. The van der Waals surface area contributed by atoms with E-state index in [2.05, 4.69) is 5.32 Å². The van der Waals surface area contributed by atoms with Crippen LogP contribution in [0.3, 0.4) is 0 Å². The van der Waals surface area contributed by atoms with E-state index in [0.717, 1.165) is 0 Å². The Balaban J connectivity index is 1.91. The van der Waals surface area contributed by atoms with Gasteiger partial charge in [-0.1, -0.05) is 19.1 Å². The molecule has 1 saturated carbocycles. The SMILES string of the molecule is CCS(=O)(=O)Cc1ccc(C(=O)c2ccc(F)cc2)c(-c2cn(C)c(=O)cc2C2(NC(=O)OC(C)(C)C)CC2)c1. The van der Waals surface area contributed by atoms with Crippen molar-refractivity contribution in [3.63, 3.8) is 0 Å². The number of rotatable bonds is 8. The van der Waals surface area contributed by atoms with Gasteiger partial charge in [0.25, 0.3) is 5.56 Å². The van der Waals surface area contributed by atoms with Crippen molar-refractivity contribution in [1.29, 1.82) is 0 Å². The molecule has 8 nitrogen and oxygen atoms in total. The highest BCUT2D eigenvalue weighted by atomic mass is 32.2. The first kappa shape index (κ1) is 29.2. The van der Waals surface area contributed by atoms with Gasteiger partial charge >= 0.3 is 6.09 Å². The van der Waals surface area contributed by atoms with Crippen LogP contribution in [0.4, 0.5) is 9.18 Å². The molecule has 1 aliphatic carbocycles. The number of ketones is 1. The lowest BCUT2D eigenvalue weighted by Crippen LogP contribution is -2.40. The molecule has 0 saturated heterocycles. The molecule has 1 amide bonds. The van der Waals surface area contributed by atoms with E-state index in [0.29, 0.717) is 35.1 Å². The Morgan fingerprint density at radius 2 is 1.70 bits per heavy atom. The van der Waals surface area contributed by atoms with Gasteiger partial charge in [0.15, 0.2) is 15.6 Å². The second kappa shape index (κ2) is 10.6. The number of amides is 1. The maximum Gasteiger partial charge on any atom is 0.408 e. The fourth-order valence-electron chi connectivity index (χ4n) is 4.54. The molecule has 0 unspecified atom stereocenters. The van der Waals surface area contributed by atoms with Gasteiger partial charge in [0.05, 0.1) is 11.3 Å². The summed E-state index contributed by atoms with van der Waals surface area (Å²) in [7, 11) is -1.82. The third kappa shape index (κ3) is 6.50. The summed E-state index contributed by atoms with van der Waals surface area (Å²) in [5.74, 6) is -1.16. The molecule has 0 aliphatic heterocycles. The smallest absolute Gasteiger partial charge is 0.408 e. The minimum absolute atomic E-state index is 0.0490. The molecule has 1 aromatic heterocycles. The van der Waals surface area contributed by atoms with Gasteiger partial charge in [-0.3, -0.25) is 9.59 Å². The summed E-state index contributed by atoms with van der Waals surface area (Å²) in [6.45, 7) is 6.81. The molecule has 2 aromatic carbocycles. The number of carbonyl (C=O) groups is 2. The lowest BCUT2D eigenvalue weighted by molar-refractivity contribution is 0.0495. The average molecular weight is 569 g/mol. The fraction of sp³-hybridized carbons (Fsp3) is 0.367. The molecule has 4 rings (SSSR count). The van der Waals surface area contributed by atoms with E-state index in [4.69, 9.17) is 4.74 Å². The molecule has 0 spiro atoms. The Kier molecular flexibility index (Phi) is 7.77. The number of alkyl carbamates (subject to hydrolysis) is 1. The molecular formula is C30H33FN2O6S. The van der Waals surface area contributed by atoms with Crippen molar-refractivity contribution in [3.05, 3.63) is 93.2 Å². The van der Waals surface area contributed by atoms with E-state index in [9.17, 15) is 27.2 Å². The van der Waals surface area contributed by atoms with Gasteiger partial charge in [-0.25, -0.2) is 17.6 Å². The zero-order valence-corrected chi connectivity index (χ0v) is 24.0.